The first-order valence-corrected chi connectivity index (χ1v) is 10.4. The zero-order valence-electron chi connectivity index (χ0n) is 17.7. The zero-order chi connectivity index (χ0) is 21.6. The van der Waals surface area contributed by atoms with Gasteiger partial charge in [0.2, 0.25) is 5.91 Å². The van der Waals surface area contributed by atoms with E-state index in [1.54, 1.807) is 19.2 Å². The lowest BCUT2D eigenvalue weighted by Crippen LogP contribution is -2.16. The summed E-state index contributed by atoms with van der Waals surface area (Å²) in [6.45, 7) is 1.74. The third kappa shape index (κ3) is 5.13. The van der Waals surface area contributed by atoms with Crippen molar-refractivity contribution in [1.29, 1.82) is 0 Å². The Balaban J connectivity index is 1.37. The number of H-pyrrole nitrogens is 1. The highest BCUT2D eigenvalue weighted by Crippen LogP contribution is 2.23. The van der Waals surface area contributed by atoms with Crippen LogP contribution in [0.1, 0.15) is 32.6 Å². The van der Waals surface area contributed by atoms with E-state index in [9.17, 15) is 4.79 Å². The quantitative estimate of drug-likeness (QED) is 0.360. The summed E-state index contributed by atoms with van der Waals surface area (Å²) >= 11 is 0. The SMILES string of the molecule is COc1ccc(CCNCc2ccc3[nH]cc(Cc4ccc(C(N)=O)cc4)c3c2)cc1. The van der Waals surface area contributed by atoms with Crippen LogP contribution in [0.5, 0.6) is 5.75 Å². The normalized spacial score (nSPS) is 11.0. The van der Waals surface area contributed by atoms with E-state index in [1.165, 1.54) is 22.1 Å². The van der Waals surface area contributed by atoms with Crippen LogP contribution in [-0.4, -0.2) is 24.5 Å². The Labute approximate surface area is 182 Å². The molecule has 158 valence electrons. The topological polar surface area (TPSA) is 80.1 Å². The Kier molecular flexibility index (Phi) is 6.34. The predicted molar refractivity (Wildman–Crippen MR) is 124 cm³/mol. The molecule has 0 saturated carbocycles. The number of nitrogens with one attached hydrogen (secondary N) is 2. The minimum absolute atomic E-state index is 0.400. The molecule has 4 aromatic rings. The summed E-state index contributed by atoms with van der Waals surface area (Å²) in [5.41, 5.74) is 11.9. The molecule has 0 unspecified atom stereocenters. The van der Waals surface area contributed by atoms with Crippen LogP contribution in [0.25, 0.3) is 10.9 Å². The van der Waals surface area contributed by atoms with Crippen LogP contribution in [-0.2, 0) is 19.4 Å². The van der Waals surface area contributed by atoms with E-state index in [1.807, 2.05) is 24.3 Å². The molecule has 31 heavy (non-hydrogen) atoms. The molecule has 5 nitrogen and oxygen atoms in total. The van der Waals surface area contributed by atoms with Gasteiger partial charge in [-0.3, -0.25) is 4.79 Å². The van der Waals surface area contributed by atoms with Crippen molar-refractivity contribution in [3.63, 3.8) is 0 Å². The molecule has 0 bridgehead atoms. The minimum Gasteiger partial charge on any atom is -0.497 e. The Morgan fingerprint density at radius 2 is 1.68 bits per heavy atom. The number of primary amides is 1. The summed E-state index contributed by atoms with van der Waals surface area (Å²) in [6, 6.07) is 22.2. The molecule has 0 atom stereocenters. The average Bonchev–Trinajstić information content (AvgIpc) is 3.19. The second kappa shape index (κ2) is 9.49. The van der Waals surface area contributed by atoms with Crippen molar-refractivity contribution in [3.8, 4) is 5.75 Å². The monoisotopic (exact) mass is 413 g/mol. The van der Waals surface area contributed by atoms with Crippen molar-refractivity contribution in [2.24, 2.45) is 5.73 Å². The smallest absolute Gasteiger partial charge is 0.248 e. The molecule has 0 spiro atoms. The number of hydrogen-bond acceptors (Lipinski definition) is 3. The van der Waals surface area contributed by atoms with Crippen LogP contribution in [0, 0.1) is 0 Å². The number of aromatic amines is 1. The average molecular weight is 414 g/mol. The van der Waals surface area contributed by atoms with Gasteiger partial charge in [-0.25, -0.2) is 0 Å². The van der Waals surface area contributed by atoms with Gasteiger partial charge in [-0.15, -0.1) is 0 Å². The lowest BCUT2D eigenvalue weighted by Gasteiger charge is -2.07. The standard InChI is InChI=1S/C26H27N3O2/c1-31-23-9-4-18(5-10-23)12-13-28-16-20-6-11-25-24(15-20)22(17-29-25)14-19-2-7-21(8-3-19)26(27)30/h2-11,15,17,28-29H,12-14,16H2,1H3,(H2,27,30). The molecule has 1 amide bonds. The van der Waals surface area contributed by atoms with Crippen molar-refractivity contribution in [1.82, 2.24) is 10.3 Å². The van der Waals surface area contributed by atoms with E-state index in [0.717, 1.165) is 42.8 Å². The maximum absolute atomic E-state index is 11.3. The van der Waals surface area contributed by atoms with Crippen molar-refractivity contribution in [2.75, 3.05) is 13.7 Å². The number of amides is 1. The Morgan fingerprint density at radius 1 is 0.968 bits per heavy atom. The van der Waals surface area contributed by atoms with Crippen LogP contribution in [0.2, 0.25) is 0 Å². The van der Waals surface area contributed by atoms with E-state index in [4.69, 9.17) is 10.5 Å². The van der Waals surface area contributed by atoms with E-state index in [0.29, 0.717) is 5.56 Å². The fourth-order valence-electron chi connectivity index (χ4n) is 3.75. The predicted octanol–water partition coefficient (Wildman–Crippen LogP) is 4.20. The van der Waals surface area contributed by atoms with Gasteiger partial charge in [0.25, 0.3) is 0 Å². The van der Waals surface area contributed by atoms with Crippen molar-refractivity contribution in [3.05, 3.63) is 101 Å². The molecule has 3 aromatic carbocycles. The van der Waals surface area contributed by atoms with Crippen LogP contribution < -0.4 is 15.8 Å². The highest BCUT2D eigenvalue weighted by Gasteiger charge is 2.07. The van der Waals surface area contributed by atoms with Gasteiger partial charge in [0.1, 0.15) is 5.75 Å². The number of hydrogen-bond donors (Lipinski definition) is 3. The first-order valence-electron chi connectivity index (χ1n) is 10.4. The summed E-state index contributed by atoms with van der Waals surface area (Å²) in [5.74, 6) is 0.485. The highest BCUT2D eigenvalue weighted by molar-refractivity contribution is 5.92. The lowest BCUT2D eigenvalue weighted by atomic mass is 10.0. The number of nitrogens with two attached hydrogens (primary N) is 1. The maximum atomic E-state index is 11.3. The molecule has 0 aliphatic rings. The fourth-order valence-corrected chi connectivity index (χ4v) is 3.75. The maximum Gasteiger partial charge on any atom is 0.248 e. The molecule has 1 heterocycles. The molecule has 4 N–H and O–H groups in total. The number of benzene rings is 3. The van der Waals surface area contributed by atoms with Gasteiger partial charge in [-0.2, -0.15) is 0 Å². The molecule has 0 aliphatic heterocycles. The molecule has 0 saturated heterocycles. The Bertz CT molecular complexity index is 1160. The first kappa shape index (κ1) is 20.7. The second-order valence-electron chi connectivity index (χ2n) is 7.71. The minimum atomic E-state index is -0.400. The van der Waals surface area contributed by atoms with Gasteiger partial charge >= 0.3 is 0 Å². The van der Waals surface area contributed by atoms with Gasteiger partial charge in [-0.1, -0.05) is 30.3 Å². The summed E-state index contributed by atoms with van der Waals surface area (Å²) in [6.07, 6.45) is 3.84. The van der Waals surface area contributed by atoms with Gasteiger partial charge in [0.05, 0.1) is 7.11 Å². The Morgan fingerprint density at radius 3 is 2.39 bits per heavy atom. The number of carbonyl (C=O) groups excluding carboxylic acids is 1. The van der Waals surface area contributed by atoms with Gasteiger partial charge in [0, 0.05) is 29.2 Å². The Hall–Kier alpha value is -3.57. The zero-order valence-corrected chi connectivity index (χ0v) is 17.7. The van der Waals surface area contributed by atoms with Gasteiger partial charge in [0.15, 0.2) is 0 Å². The molecule has 1 aromatic heterocycles. The molecule has 0 aliphatic carbocycles. The van der Waals surface area contributed by atoms with Gasteiger partial charge in [-0.05, 0) is 78.0 Å². The molecular formula is C26H27N3O2. The number of carbonyl (C=O) groups is 1. The summed E-state index contributed by atoms with van der Waals surface area (Å²) in [4.78, 5) is 14.6. The summed E-state index contributed by atoms with van der Waals surface area (Å²) < 4.78 is 5.21. The fraction of sp³-hybridized carbons (Fsp3) is 0.192. The van der Waals surface area contributed by atoms with Gasteiger partial charge < -0.3 is 20.8 Å². The van der Waals surface area contributed by atoms with Crippen LogP contribution in [0.3, 0.4) is 0 Å². The third-order valence-electron chi connectivity index (χ3n) is 5.54. The first-order chi connectivity index (χ1) is 15.1. The molecule has 4 rings (SSSR count). The largest absolute Gasteiger partial charge is 0.497 e. The number of aromatic nitrogens is 1. The number of ether oxygens (including phenoxy) is 1. The number of fused-ring (bicyclic) bond motifs is 1. The van der Waals surface area contributed by atoms with Crippen LogP contribution >= 0.6 is 0 Å². The van der Waals surface area contributed by atoms with Crippen molar-refractivity contribution < 1.29 is 9.53 Å². The van der Waals surface area contributed by atoms with Crippen molar-refractivity contribution in [2.45, 2.75) is 19.4 Å². The van der Waals surface area contributed by atoms with E-state index >= 15 is 0 Å². The van der Waals surface area contributed by atoms with E-state index in [-0.39, 0.29) is 0 Å². The molecule has 0 radical (unpaired) electrons. The number of rotatable bonds is 9. The van der Waals surface area contributed by atoms with Crippen LogP contribution in [0.15, 0.2) is 72.9 Å². The van der Waals surface area contributed by atoms with E-state index < -0.39 is 5.91 Å². The molecule has 0 fully saturated rings. The van der Waals surface area contributed by atoms with E-state index in [2.05, 4.69) is 46.8 Å². The second-order valence-corrected chi connectivity index (χ2v) is 7.71. The lowest BCUT2D eigenvalue weighted by molar-refractivity contribution is 0.100. The van der Waals surface area contributed by atoms with Crippen molar-refractivity contribution >= 4 is 16.8 Å². The number of methoxy groups -OCH3 is 1. The van der Waals surface area contributed by atoms with Crippen LogP contribution in [0.4, 0.5) is 0 Å². The molecular weight excluding hydrogens is 386 g/mol. The third-order valence-corrected chi connectivity index (χ3v) is 5.54. The molecule has 5 heteroatoms. The highest BCUT2D eigenvalue weighted by atomic mass is 16.5. The summed E-state index contributed by atoms with van der Waals surface area (Å²) in [5, 5.41) is 4.77. The summed E-state index contributed by atoms with van der Waals surface area (Å²) in [7, 11) is 1.68.